The minimum Gasteiger partial charge on any atom is -0.476 e. The lowest BCUT2D eigenvalue weighted by atomic mass is 10.2. The van der Waals surface area contributed by atoms with Gasteiger partial charge >= 0.3 is 5.97 Å². The molecule has 1 atom stereocenters. The van der Waals surface area contributed by atoms with E-state index in [1.54, 1.807) is 11.3 Å². The molecule has 1 unspecified atom stereocenters. The molecule has 18 heavy (non-hydrogen) atoms. The predicted octanol–water partition coefficient (Wildman–Crippen LogP) is 3.09. The SMILES string of the molecule is Cc1nc(C)c(C(C)Nc2scnc2C(=O)O)s1. The van der Waals surface area contributed by atoms with Gasteiger partial charge in [-0.15, -0.1) is 22.7 Å². The first kappa shape index (κ1) is 13.0. The maximum absolute atomic E-state index is 11.0. The Morgan fingerprint density at radius 2 is 2.22 bits per heavy atom. The van der Waals surface area contributed by atoms with Crippen LogP contribution in [-0.4, -0.2) is 21.0 Å². The van der Waals surface area contributed by atoms with Gasteiger partial charge in [-0.2, -0.15) is 0 Å². The number of aromatic carboxylic acids is 1. The van der Waals surface area contributed by atoms with Gasteiger partial charge in [0.2, 0.25) is 0 Å². The molecule has 2 aromatic rings. The molecule has 0 aliphatic carbocycles. The Hall–Kier alpha value is -1.47. The van der Waals surface area contributed by atoms with E-state index in [-0.39, 0.29) is 11.7 Å². The van der Waals surface area contributed by atoms with Crippen LogP contribution in [-0.2, 0) is 0 Å². The van der Waals surface area contributed by atoms with E-state index >= 15 is 0 Å². The Labute approximate surface area is 113 Å². The number of carboxylic acid groups (broad SMARTS) is 1. The van der Waals surface area contributed by atoms with E-state index in [2.05, 4.69) is 15.3 Å². The van der Waals surface area contributed by atoms with Crippen LogP contribution < -0.4 is 5.32 Å². The maximum atomic E-state index is 11.0. The Kier molecular flexibility index (Phi) is 3.63. The van der Waals surface area contributed by atoms with Crippen molar-refractivity contribution in [3.05, 3.63) is 26.8 Å². The summed E-state index contributed by atoms with van der Waals surface area (Å²) >= 11 is 2.92. The number of thiazole rings is 2. The molecule has 2 rings (SSSR count). The van der Waals surface area contributed by atoms with Gasteiger partial charge < -0.3 is 10.4 Å². The highest BCUT2D eigenvalue weighted by molar-refractivity contribution is 7.14. The summed E-state index contributed by atoms with van der Waals surface area (Å²) in [5.74, 6) is -1.01. The molecule has 2 aromatic heterocycles. The Bertz CT molecular complexity index is 577. The zero-order valence-corrected chi connectivity index (χ0v) is 11.9. The topological polar surface area (TPSA) is 75.1 Å². The first-order valence-corrected chi connectivity index (χ1v) is 7.06. The molecule has 0 radical (unpaired) electrons. The van der Waals surface area contributed by atoms with Crippen LogP contribution in [0, 0.1) is 13.8 Å². The molecular formula is C11H13N3O2S2. The first-order chi connectivity index (χ1) is 8.49. The summed E-state index contributed by atoms with van der Waals surface area (Å²) in [6, 6.07) is 0.0229. The van der Waals surface area contributed by atoms with Crippen LogP contribution >= 0.6 is 22.7 Å². The normalized spacial score (nSPS) is 12.4. The highest BCUT2D eigenvalue weighted by Gasteiger charge is 2.18. The number of nitrogens with zero attached hydrogens (tertiary/aromatic N) is 2. The largest absolute Gasteiger partial charge is 0.476 e. The summed E-state index contributed by atoms with van der Waals surface area (Å²) in [5.41, 5.74) is 2.59. The zero-order chi connectivity index (χ0) is 13.3. The number of aromatic nitrogens is 2. The minimum atomic E-state index is -1.01. The Morgan fingerprint density at radius 1 is 1.50 bits per heavy atom. The molecule has 0 amide bonds. The van der Waals surface area contributed by atoms with E-state index in [0.29, 0.717) is 5.00 Å². The van der Waals surface area contributed by atoms with Crippen LogP contribution in [0.25, 0.3) is 0 Å². The van der Waals surface area contributed by atoms with E-state index in [0.717, 1.165) is 15.6 Å². The van der Waals surface area contributed by atoms with E-state index in [9.17, 15) is 4.79 Å². The summed E-state index contributed by atoms with van der Waals surface area (Å²) in [6.07, 6.45) is 0. The van der Waals surface area contributed by atoms with Crippen molar-refractivity contribution in [1.29, 1.82) is 0 Å². The van der Waals surface area contributed by atoms with Crippen molar-refractivity contribution >= 4 is 33.6 Å². The van der Waals surface area contributed by atoms with E-state index in [4.69, 9.17) is 5.11 Å². The second-order valence-electron chi connectivity index (χ2n) is 3.88. The summed E-state index contributed by atoms with van der Waals surface area (Å²) < 4.78 is 0. The lowest BCUT2D eigenvalue weighted by Gasteiger charge is -2.12. The number of hydrogen-bond donors (Lipinski definition) is 2. The second kappa shape index (κ2) is 5.03. The molecule has 2 N–H and O–H groups in total. The van der Waals surface area contributed by atoms with Crippen molar-refractivity contribution in [2.45, 2.75) is 26.8 Å². The summed E-state index contributed by atoms with van der Waals surface area (Å²) in [5, 5.41) is 13.8. The zero-order valence-electron chi connectivity index (χ0n) is 10.2. The number of aryl methyl sites for hydroxylation is 2. The molecule has 0 aliphatic rings. The number of hydrogen-bond acceptors (Lipinski definition) is 6. The maximum Gasteiger partial charge on any atom is 0.357 e. The van der Waals surface area contributed by atoms with Gasteiger partial charge in [0.05, 0.1) is 22.3 Å². The van der Waals surface area contributed by atoms with Crippen molar-refractivity contribution < 1.29 is 9.90 Å². The van der Waals surface area contributed by atoms with E-state index in [1.807, 2.05) is 20.8 Å². The Balaban J connectivity index is 2.21. The second-order valence-corrected chi connectivity index (χ2v) is 5.97. The van der Waals surface area contributed by atoms with Crippen molar-refractivity contribution in [2.75, 3.05) is 5.32 Å². The molecule has 0 bridgehead atoms. The quantitative estimate of drug-likeness (QED) is 0.902. The molecule has 5 nitrogen and oxygen atoms in total. The standard InChI is InChI=1S/C11H13N3O2S2/c1-5-9(18-7(3)13-5)6(2)14-10-8(11(15)16)12-4-17-10/h4,6,14H,1-3H3,(H,15,16). The number of carbonyl (C=O) groups is 1. The van der Waals surface area contributed by atoms with Crippen LogP contribution in [0.15, 0.2) is 5.51 Å². The Morgan fingerprint density at radius 3 is 2.78 bits per heavy atom. The molecule has 96 valence electrons. The van der Waals surface area contributed by atoms with Gasteiger partial charge in [-0.25, -0.2) is 14.8 Å². The number of rotatable bonds is 4. The monoisotopic (exact) mass is 283 g/mol. The molecule has 0 fully saturated rings. The van der Waals surface area contributed by atoms with Gasteiger partial charge in [-0.1, -0.05) is 0 Å². The van der Waals surface area contributed by atoms with Gasteiger partial charge in [0, 0.05) is 4.88 Å². The van der Waals surface area contributed by atoms with Crippen LogP contribution in [0.3, 0.4) is 0 Å². The minimum absolute atomic E-state index is 0.0229. The fraction of sp³-hybridized carbons (Fsp3) is 0.364. The fourth-order valence-electron chi connectivity index (χ4n) is 1.71. The first-order valence-electron chi connectivity index (χ1n) is 5.36. The smallest absolute Gasteiger partial charge is 0.357 e. The van der Waals surface area contributed by atoms with E-state index in [1.165, 1.54) is 16.8 Å². The van der Waals surface area contributed by atoms with Crippen molar-refractivity contribution in [1.82, 2.24) is 9.97 Å². The van der Waals surface area contributed by atoms with Crippen molar-refractivity contribution in [3.8, 4) is 0 Å². The van der Waals surface area contributed by atoms with Crippen LogP contribution in [0.2, 0.25) is 0 Å². The van der Waals surface area contributed by atoms with Gasteiger partial charge in [0.25, 0.3) is 0 Å². The van der Waals surface area contributed by atoms with Crippen LogP contribution in [0.1, 0.15) is 39.0 Å². The third-order valence-electron chi connectivity index (χ3n) is 2.45. The molecule has 2 heterocycles. The summed E-state index contributed by atoms with van der Waals surface area (Å²) in [7, 11) is 0. The predicted molar refractivity (Wildman–Crippen MR) is 72.7 cm³/mol. The molecular weight excluding hydrogens is 270 g/mol. The summed E-state index contributed by atoms with van der Waals surface area (Å²) in [6.45, 7) is 5.91. The molecule has 0 aromatic carbocycles. The van der Waals surface area contributed by atoms with Gasteiger partial charge in [0.15, 0.2) is 5.69 Å². The van der Waals surface area contributed by atoms with Crippen molar-refractivity contribution in [3.63, 3.8) is 0 Å². The number of nitrogens with one attached hydrogen (secondary N) is 1. The van der Waals surface area contributed by atoms with Gasteiger partial charge in [0.1, 0.15) is 5.00 Å². The molecule has 0 spiro atoms. The average molecular weight is 283 g/mol. The summed E-state index contributed by atoms with van der Waals surface area (Å²) in [4.78, 5) is 20.3. The van der Waals surface area contributed by atoms with E-state index < -0.39 is 5.97 Å². The van der Waals surface area contributed by atoms with Crippen LogP contribution in [0.4, 0.5) is 5.00 Å². The molecule has 7 heteroatoms. The molecule has 0 saturated heterocycles. The van der Waals surface area contributed by atoms with Gasteiger partial charge in [-0.3, -0.25) is 0 Å². The fourth-order valence-corrected chi connectivity index (χ4v) is 3.40. The third kappa shape index (κ3) is 2.51. The lowest BCUT2D eigenvalue weighted by Crippen LogP contribution is -2.09. The third-order valence-corrected chi connectivity index (χ3v) is 4.46. The number of carboxylic acids is 1. The van der Waals surface area contributed by atoms with Crippen LogP contribution in [0.5, 0.6) is 0 Å². The van der Waals surface area contributed by atoms with Crippen molar-refractivity contribution in [2.24, 2.45) is 0 Å². The van der Waals surface area contributed by atoms with Gasteiger partial charge in [-0.05, 0) is 20.8 Å². The number of anilines is 1. The lowest BCUT2D eigenvalue weighted by molar-refractivity contribution is 0.0692. The molecule has 0 saturated carbocycles. The highest BCUT2D eigenvalue weighted by atomic mass is 32.1. The molecule has 0 aliphatic heterocycles. The average Bonchev–Trinajstić information content (AvgIpc) is 2.85. The highest BCUT2D eigenvalue weighted by Crippen LogP contribution is 2.30.